The minimum absolute atomic E-state index is 0.0927. The van der Waals surface area contributed by atoms with Crippen LogP contribution in [0.15, 0.2) is 30.3 Å². The first-order chi connectivity index (χ1) is 10.9. The van der Waals surface area contributed by atoms with Crippen molar-refractivity contribution in [2.24, 2.45) is 7.05 Å². The number of aromatic nitrogens is 2. The van der Waals surface area contributed by atoms with Gasteiger partial charge in [-0.1, -0.05) is 38.1 Å². The first-order valence-electron chi connectivity index (χ1n) is 7.91. The Kier molecular flexibility index (Phi) is 5.55. The molecule has 1 aromatic carbocycles. The van der Waals surface area contributed by atoms with Crippen molar-refractivity contribution >= 4 is 5.91 Å². The summed E-state index contributed by atoms with van der Waals surface area (Å²) in [6.07, 6.45) is 0. The van der Waals surface area contributed by atoms with E-state index in [1.165, 1.54) is 5.56 Å². The lowest BCUT2D eigenvalue weighted by Crippen LogP contribution is -2.25. The summed E-state index contributed by atoms with van der Waals surface area (Å²) in [6, 6.07) is 10.1. The fraction of sp³-hybridized carbons (Fsp3) is 0.444. The molecule has 0 spiro atoms. The molecule has 1 aromatic heterocycles. The fourth-order valence-electron chi connectivity index (χ4n) is 2.46. The summed E-state index contributed by atoms with van der Waals surface area (Å²) >= 11 is 0. The van der Waals surface area contributed by atoms with E-state index in [0.29, 0.717) is 18.2 Å². The molecule has 0 unspecified atom stereocenters. The number of hydrogen-bond donors (Lipinski definition) is 1. The molecule has 0 saturated heterocycles. The van der Waals surface area contributed by atoms with E-state index >= 15 is 0 Å². The Morgan fingerprint density at radius 3 is 2.57 bits per heavy atom. The van der Waals surface area contributed by atoms with Crippen molar-refractivity contribution in [3.05, 3.63) is 52.8 Å². The first-order valence-corrected chi connectivity index (χ1v) is 7.91. The predicted molar refractivity (Wildman–Crippen MR) is 92.3 cm³/mol. The molecule has 23 heavy (non-hydrogen) atoms. The van der Waals surface area contributed by atoms with Gasteiger partial charge in [0.1, 0.15) is 5.69 Å². The third kappa shape index (κ3) is 4.66. The molecule has 0 fully saturated rings. The SMILES string of the molecule is CC(C)c1cc(C(=O)NCc2cccc(CN(C)C)c2)n(C)n1. The molecular formula is C18H26N4O. The highest BCUT2D eigenvalue weighted by atomic mass is 16.2. The van der Waals surface area contributed by atoms with Crippen molar-refractivity contribution in [3.63, 3.8) is 0 Å². The van der Waals surface area contributed by atoms with Gasteiger partial charge in [-0.3, -0.25) is 9.48 Å². The van der Waals surface area contributed by atoms with Crippen LogP contribution in [0.25, 0.3) is 0 Å². The minimum atomic E-state index is -0.0927. The third-order valence-corrected chi connectivity index (χ3v) is 3.67. The largest absolute Gasteiger partial charge is 0.347 e. The van der Waals surface area contributed by atoms with Crippen LogP contribution in [0.4, 0.5) is 0 Å². The predicted octanol–water partition coefficient (Wildman–Crippen LogP) is 2.54. The molecule has 0 atom stereocenters. The Labute approximate surface area is 138 Å². The van der Waals surface area contributed by atoms with Crippen LogP contribution in [0.5, 0.6) is 0 Å². The molecule has 124 valence electrons. The molecular weight excluding hydrogens is 288 g/mol. The number of rotatable bonds is 6. The van der Waals surface area contributed by atoms with Crippen LogP contribution in [-0.4, -0.2) is 34.7 Å². The van der Waals surface area contributed by atoms with Gasteiger partial charge in [-0.2, -0.15) is 5.10 Å². The smallest absolute Gasteiger partial charge is 0.269 e. The lowest BCUT2D eigenvalue weighted by molar-refractivity contribution is 0.0941. The Bertz CT molecular complexity index is 673. The van der Waals surface area contributed by atoms with E-state index in [1.807, 2.05) is 32.3 Å². The Hall–Kier alpha value is -2.14. The number of benzene rings is 1. The van der Waals surface area contributed by atoms with Gasteiger partial charge in [0.15, 0.2) is 0 Å². The van der Waals surface area contributed by atoms with Gasteiger partial charge in [0.05, 0.1) is 5.69 Å². The molecule has 1 heterocycles. The Morgan fingerprint density at radius 1 is 1.26 bits per heavy atom. The number of hydrogen-bond acceptors (Lipinski definition) is 3. The monoisotopic (exact) mass is 314 g/mol. The van der Waals surface area contributed by atoms with Gasteiger partial charge in [0.25, 0.3) is 5.91 Å². The zero-order chi connectivity index (χ0) is 17.0. The quantitative estimate of drug-likeness (QED) is 0.891. The minimum Gasteiger partial charge on any atom is -0.347 e. The van der Waals surface area contributed by atoms with Crippen LogP contribution in [0.1, 0.15) is 47.1 Å². The third-order valence-electron chi connectivity index (χ3n) is 3.67. The normalized spacial score (nSPS) is 11.3. The van der Waals surface area contributed by atoms with Gasteiger partial charge < -0.3 is 10.2 Å². The van der Waals surface area contributed by atoms with Crippen LogP contribution in [0, 0.1) is 0 Å². The number of nitrogens with one attached hydrogen (secondary N) is 1. The maximum Gasteiger partial charge on any atom is 0.269 e. The highest BCUT2D eigenvalue weighted by molar-refractivity contribution is 5.92. The lowest BCUT2D eigenvalue weighted by atomic mass is 10.1. The first kappa shape index (κ1) is 17.2. The highest BCUT2D eigenvalue weighted by Crippen LogP contribution is 2.14. The molecule has 0 saturated carbocycles. The summed E-state index contributed by atoms with van der Waals surface area (Å²) < 4.78 is 1.65. The average Bonchev–Trinajstić information content (AvgIpc) is 2.87. The van der Waals surface area contributed by atoms with Crippen LogP contribution >= 0.6 is 0 Å². The van der Waals surface area contributed by atoms with Crippen LogP contribution in [0.2, 0.25) is 0 Å². The van der Waals surface area contributed by atoms with Gasteiger partial charge in [0, 0.05) is 20.1 Å². The molecule has 0 radical (unpaired) electrons. The van der Waals surface area contributed by atoms with Gasteiger partial charge in [-0.15, -0.1) is 0 Å². The van der Waals surface area contributed by atoms with Crippen molar-refractivity contribution in [1.82, 2.24) is 20.0 Å². The number of aryl methyl sites for hydroxylation is 1. The van der Waals surface area contributed by atoms with Crippen molar-refractivity contribution in [3.8, 4) is 0 Å². The topological polar surface area (TPSA) is 50.2 Å². The van der Waals surface area contributed by atoms with Crippen molar-refractivity contribution < 1.29 is 4.79 Å². The summed E-state index contributed by atoms with van der Waals surface area (Å²) in [7, 11) is 5.89. The van der Waals surface area contributed by atoms with Gasteiger partial charge in [-0.05, 0) is 37.2 Å². The number of carbonyl (C=O) groups excluding carboxylic acids is 1. The summed E-state index contributed by atoms with van der Waals surface area (Å²) in [5.41, 5.74) is 3.87. The van der Waals surface area contributed by atoms with Crippen LogP contribution < -0.4 is 5.32 Å². The molecule has 0 aliphatic heterocycles. The Balaban J connectivity index is 2.02. The van der Waals surface area contributed by atoms with E-state index < -0.39 is 0 Å². The standard InChI is InChI=1S/C18H26N4O/c1-13(2)16-10-17(22(5)20-16)18(23)19-11-14-7-6-8-15(9-14)12-21(3)4/h6-10,13H,11-12H2,1-5H3,(H,19,23). The zero-order valence-corrected chi connectivity index (χ0v) is 14.6. The van der Waals surface area contributed by atoms with Crippen LogP contribution in [-0.2, 0) is 20.1 Å². The second-order valence-corrected chi connectivity index (χ2v) is 6.47. The van der Waals surface area contributed by atoms with Gasteiger partial charge in [0.2, 0.25) is 0 Å². The summed E-state index contributed by atoms with van der Waals surface area (Å²) in [5.74, 6) is 0.218. The van der Waals surface area contributed by atoms with Crippen molar-refractivity contribution in [2.75, 3.05) is 14.1 Å². The number of carbonyl (C=O) groups is 1. The molecule has 2 aromatic rings. The van der Waals surface area contributed by atoms with E-state index in [1.54, 1.807) is 11.7 Å². The number of nitrogens with zero attached hydrogens (tertiary/aromatic N) is 3. The molecule has 2 rings (SSSR count). The van der Waals surface area contributed by atoms with Crippen molar-refractivity contribution in [1.29, 1.82) is 0 Å². The van der Waals surface area contributed by atoms with E-state index in [-0.39, 0.29) is 5.91 Å². The van der Waals surface area contributed by atoms with E-state index in [9.17, 15) is 4.79 Å². The molecule has 5 nitrogen and oxygen atoms in total. The second kappa shape index (κ2) is 7.42. The molecule has 1 amide bonds. The summed E-state index contributed by atoms with van der Waals surface area (Å²) in [4.78, 5) is 14.5. The molecule has 1 N–H and O–H groups in total. The van der Waals surface area contributed by atoms with E-state index in [4.69, 9.17) is 0 Å². The maximum absolute atomic E-state index is 12.4. The fourth-order valence-corrected chi connectivity index (χ4v) is 2.46. The molecule has 0 aliphatic rings. The van der Waals surface area contributed by atoms with E-state index in [0.717, 1.165) is 17.8 Å². The van der Waals surface area contributed by atoms with E-state index in [2.05, 4.69) is 41.3 Å². The maximum atomic E-state index is 12.4. The number of amides is 1. The summed E-state index contributed by atoms with van der Waals surface area (Å²) in [5, 5.41) is 7.36. The lowest BCUT2D eigenvalue weighted by Gasteiger charge is -2.11. The Morgan fingerprint density at radius 2 is 1.96 bits per heavy atom. The van der Waals surface area contributed by atoms with Gasteiger partial charge in [-0.25, -0.2) is 0 Å². The second-order valence-electron chi connectivity index (χ2n) is 6.47. The van der Waals surface area contributed by atoms with Crippen molar-refractivity contribution in [2.45, 2.75) is 32.9 Å². The average molecular weight is 314 g/mol. The molecule has 0 bridgehead atoms. The zero-order valence-electron chi connectivity index (χ0n) is 14.6. The highest BCUT2D eigenvalue weighted by Gasteiger charge is 2.14. The van der Waals surface area contributed by atoms with Crippen LogP contribution in [0.3, 0.4) is 0 Å². The van der Waals surface area contributed by atoms with Gasteiger partial charge >= 0.3 is 0 Å². The molecule has 5 heteroatoms. The summed E-state index contributed by atoms with van der Waals surface area (Å²) in [6.45, 7) is 5.55. The molecule has 0 aliphatic carbocycles.